The Morgan fingerprint density at radius 3 is 2.32 bits per heavy atom. The monoisotopic (exact) mass is 304 g/mol. The van der Waals surface area contributed by atoms with Gasteiger partial charge >= 0.3 is 5.97 Å². The highest BCUT2D eigenvalue weighted by molar-refractivity contribution is 7.90. The Hall–Kier alpha value is -1.07. The van der Waals surface area contributed by atoms with E-state index in [0.717, 1.165) is 11.1 Å². The Balaban J connectivity index is 2.51. The maximum atomic E-state index is 11.8. The van der Waals surface area contributed by atoms with Crippen LogP contribution in [0.3, 0.4) is 0 Å². The zero-order valence-electron chi connectivity index (χ0n) is 10.8. The summed E-state index contributed by atoms with van der Waals surface area (Å²) < 4.78 is 28.2. The zero-order valence-corrected chi connectivity index (χ0v) is 12.3. The molecule has 6 heteroatoms. The lowest BCUT2D eigenvalue weighted by atomic mass is 10.2. The number of carbonyl (C=O) groups is 1. The smallest absolute Gasteiger partial charge is 0.305 e. The van der Waals surface area contributed by atoms with E-state index in [4.69, 9.17) is 11.6 Å². The number of ether oxygens (including phenoxy) is 1. The number of carbonyl (C=O) groups excluding carboxylic acids is 1. The minimum Gasteiger partial charge on any atom is -0.469 e. The van der Waals surface area contributed by atoms with Crippen molar-refractivity contribution in [2.45, 2.75) is 24.5 Å². The van der Waals surface area contributed by atoms with E-state index < -0.39 is 9.84 Å². The highest BCUT2D eigenvalue weighted by Gasteiger charge is 2.13. The molecule has 0 fully saturated rings. The Bertz CT molecular complexity index is 508. The summed E-state index contributed by atoms with van der Waals surface area (Å²) in [5.74, 6) is -0.0101. The molecule has 0 radical (unpaired) electrons. The number of benzene rings is 1. The summed E-state index contributed by atoms with van der Waals surface area (Å²) in [5, 5.41) is 0. The van der Waals surface area contributed by atoms with Gasteiger partial charge in [0.15, 0.2) is 9.84 Å². The van der Waals surface area contributed by atoms with Gasteiger partial charge in [-0.25, -0.2) is 8.42 Å². The molecule has 0 aromatic heterocycles. The fraction of sp³-hybridized carbons (Fsp3) is 0.462. The van der Waals surface area contributed by atoms with E-state index in [1.54, 1.807) is 12.1 Å². The van der Waals surface area contributed by atoms with Crippen molar-refractivity contribution in [2.24, 2.45) is 0 Å². The van der Waals surface area contributed by atoms with Gasteiger partial charge in [0.25, 0.3) is 0 Å². The highest BCUT2D eigenvalue weighted by atomic mass is 35.5. The van der Waals surface area contributed by atoms with Gasteiger partial charge in [0.05, 0.1) is 18.6 Å². The van der Waals surface area contributed by atoms with Crippen molar-refractivity contribution < 1.29 is 17.9 Å². The predicted octanol–water partition coefficient (Wildman–Crippen LogP) is 2.29. The molecular weight excluding hydrogens is 288 g/mol. The molecule has 19 heavy (non-hydrogen) atoms. The number of alkyl halides is 1. The number of methoxy groups -OCH3 is 1. The van der Waals surface area contributed by atoms with Crippen LogP contribution >= 0.6 is 11.6 Å². The molecule has 0 aliphatic rings. The Morgan fingerprint density at radius 1 is 1.21 bits per heavy atom. The average Bonchev–Trinajstić information content (AvgIpc) is 2.38. The van der Waals surface area contributed by atoms with Crippen LogP contribution in [0.1, 0.15) is 24.0 Å². The van der Waals surface area contributed by atoms with Gasteiger partial charge < -0.3 is 4.74 Å². The van der Waals surface area contributed by atoms with Crippen molar-refractivity contribution in [1.82, 2.24) is 0 Å². The van der Waals surface area contributed by atoms with Gasteiger partial charge in [-0.15, -0.1) is 11.6 Å². The second-order valence-electron chi connectivity index (χ2n) is 4.22. The van der Waals surface area contributed by atoms with Gasteiger partial charge in [0, 0.05) is 12.3 Å². The minimum atomic E-state index is -3.20. The van der Waals surface area contributed by atoms with Crippen LogP contribution < -0.4 is 0 Å². The van der Waals surface area contributed by atoms with Gasteiger partial charge in [-0.05, 0) is 17.5 Å². The number of hydrogen-bond donors (Lipinski definition) is 0. The van der Waals surface area contributed by atoms with E-state index in [9.17, 15) is 13.2 Å². The molecule has 0 N–H and O–H groups in total. The summed E-state index contributed by atoms with van der Waals surface area (Å²) in [6.45, 7) is 0. The molecule has 4 nitrogen and oxygen atoms in total. The molecule has 0 unspecified atom stereocenters. The first-order valence-electron chi connectivity index (χ1n) is 5.88. The van der Waals surface area contributed by atoms with Crippen LogP contribution in [-0.2, 0) is 31.0 Å². The van der Waals surface area contributed by atoms with Crippen LogP contribution in [0, 0.1) is 0 Å². The molecule has 1 rings (SSSR count). The molecule has 0 spiro atoms. The van der Waals surface area contributed by atoms with Gasteiger partial charge in [0.1, 0.15) is 0 Å². The van der Waals surface area contributed by atoms with E-state index in [0.29, 0.717) is 5.88 Å². The molecule has 0 atom stereocenters. The van der Waals surface area contributed by atoms with Crippen LogP contribution in [0.25, 0.3) is 0 Å². The van der Waals surface area contributed by atoms with Crippen LogP contribution in [0.2, 0.25) is 0 Å². The fourth-order valence-electron chi connectivity index (χ4n) is 1.59. The molecule has 0 saturated carbocycles. The molecule has 0 saturated heterocycles. The minimum absolute atomic E-state index is 0.0145. The van der Waals surface area contributed by atoms with Crippen LogP contribution in [0.15, 0.2) is 24.3 Å². The summed E-state index contributed by atoms with van der Waals surface area (Å²) >= 11 is 5.66. The van der Waals surface area contributed by atoms with E-state index in [2.05, 4.69) is 4.74 Å². The van der Waals surface area contributed by atoms with Crippen LogP contribution in [-0.4, -0.2) is 27.2 Å². The lowest BCUT2D eigenvalue weighted by Gasteiger charge is -2.05. The quantitative estimate of drug-likeness (QED) is 0.573. The molecule has 0 bridgehead atoms. The van der Waals surface area contributed by atoms with Crippen molar-refractivity contribution >= 4 is 27.4 Å². The summed E-state index contributed by atoms with van der Waals surface area (Å²) in [5.41, 5.74) is 1.68. The summed E-state index contributed by atoms with van der Waals surface area (Å²) in [4.78, 5) is 10.9. The van der Waals surface area contributed by atoms with Crippen LogP contribution in [0.5, 0.6) is 0 Å². The first kappa shape index (κ1) is 16.0. The topological polar surface area (TPSA) is 60.4 Å². The first-order chi connectivity index (χ1) is 8.96. The van der Waals surface area contributed by atoms with Crippen molar-refractivity contribution in [3.05, 3.63) is 35.4 Å². The number of halogens is 1. The Kier molecular flexibility index (Phi) is 6.31. The van der Waals surface area contributed by atoms with Gasteiger partial charge in [0.2, 0.25) is 0 Å². The highest BCUT2D eigenvalue weighted by Crippen LogP contribution is 2.11. The Labute approximate surface area is 118 Å². The molecular formula is C13H17ClO4S. The molecule has 1 aromatic rings. The third-order valence-corrected chi connectivity index (χ3v) is 4.62. The van der Waals surface area contributed by atoms with Crippen molar-refractivity contribution in [3.8, 4) is 0 Å². The molecule has 0 aliphatic heterocycles. The van der Waals surface area contributed by atoms with Crippen molar-refractivity contribution in [2.75, 3.05) is 12.9 Å². The van der Waals surface area contributed by atoms with Crippen molar-refractivity contribution in [1.29, 1.82) is 0 Å². The summed E-state index contributed by atoms with van der Waals surface area (Å²) in [6, 6.07) is 7.14. The van der Waals surface area contributed by atoms with Gasteiger partial charge in [-0.2, -0.15) is 0 Å². The lowest BCUT2D eigenvalue weighted by molar-refractivity contribution is -0.140. The van der Waals surface area contributed by atoms with Crippen LogP contribution in [0.4, 0.5) is 0 Å². The zero-order chi connectivity index (χ0) is 14.3. The number of rotatable bonds is 7. The maximum absolute atomic E-state index is 11.8. The lowest BCUT2D eigenvalue weighted by Crippen LogP contribution is -2.11. The maximum Gasteiger partial charge on any atom is 0.305 e. The fourth-order valence-corrected chi connectivity index (χ4v) is 3.20. The van der Waals surface area contributed by atoms with E-state index in [1.165, 1.54) is 7.11 Å². The van der Waals surface area contributed by atoms with E-state index >= 15 is 0 Å². The molecule has 0 aliphatic carbocycles. The molecule has 0 amide bonds. The first-order valence-corrected chi connectivity index (χ1v) is 8.23. The third-order valence-electron chi connectivity index (χ3n) is 2.63. The predicted molar refractivity (Wildman–Crippen MR) is 74.7 cm³/mol. The second kappa shape index (κ2) is 7.50. The van der Waals surface area contributed by atoms with Crippen molar-refractivity contribution in [3.63, 3.8) is 0 Å². The second-order valence-corrected chi connectivity index (χ2v) is 6.67. The SMILES string of the molecule is COC(=O)CCCS(=O)(=O)Cc1ccc(CCl)cc1. The largest absolute Gasteiger partial charge is 0.469 e. The summed E-state index contributed by atoms with van der Waals surface area (Å²) in [7, 11) is -1.91. The Morgan fingerprint density at radius 2 is 1.79 bits per heavy atom. The summed E-state index contributed by atoms with van der Waals surface area (Å²) in [6.07, 6.45) is 0.412. The van der Waals surface area contributed by atoms with E-state index in [-0.39, 0.29) is 30.3 Å². The number of sulfone groups is 1. The third kappa shape index (κ3) is 6.07. The standard InChI is InChI=1S/C13H17ClO4S/c1-18-13(15)3-2-8-19(16,17)10-12-6-4-11(9-14)5-7-12/h4-7H,2-3,8-10H2,1H3. The van der Waals surface area contributed by atoms with Gasteiger partial charge in [-0.1, -0.05) is 24.3 Å². The number of hydrogen-bond acceptors (Lipinski definition) is 4. The normalized spacial score (nSPS) is 11.3. The van der Waals surface area contributed by atoms with E-state index in [1.807, 2.05) is 12.1 Å². The molecule has 106 valence electrons. The number of esters is 1. The molecule has 1 aromatic carbocycles. The van der Waals surface area contributed by atoms with Gasteiger partial charge in [-0.3, -0.25) is 4.79 Å². The average molecular weight is 305 g/mol. The molecule has 0 heterocycles.